The summed E-state index contributed by atoms with van der Waals surface area (Å²) in [5.74, 6) is 1.77. The van der Waals surface area contributed by atoms with Crippen LogP contribution in [-0.4, -0.2) is 62.1 Å². The van der Waals surface area contributed by atoms with Gasteiger partial charge < -0.3 is 14.3 Å². The highest BCUT2D eigenvalue weighted by Crippen LogP contribution is 2.15. The van der Waals surface area contributed by atoms with Gasteiger partial charge in [-0.1, -0.05) is 5.16 Å². The van der Waals surface area contributed by atoms with Crippen LogP contribution in [0.25, 0.3) is 11.4 Å². The van der Waals surface area contributed by atoms with Gasteiger partial charge in [-0.2, -0.15) is 4.98 Å². The number of piperazine rings is 1. The van der Waals surface area contributed by atoms with Gasteiger partial charge in [0.1, 0.15) is 0 Å². The molecular weight excluding hydrogens is 346 g/mol. The largest absolute Gasteiger partial charge is 0.339 e. The summed E-state index contributed by atoms with van der Waals surface area (Å²) in [7, 11) is 0. The molecule has 0 bridgehead atoms. The predicted molar refractivity (Wildman–Crippen MR) is 96.7 cm³/mol. The number of rotatable bonds is 5. The number of carbonyl (C=O) groups excluding carboxylic acids is 1. The Morgan fingerprint density at radius 3 is 2.52 bits per heavy atom. The average molecular weight is 365 g/mol. The fourth-order valence-corrected chi connectivity index (χ4v) is 2.96. The van der Waals surface area contributed by atoms with Crippen molar-refractivity contribution in [2.24, 2.45) is 0 Å². The van der Waals surface area contributed by atoms with Gasteiger partial charge in [0.2, 0.25) is 23.6 Å². The zero-order chi connectivity index (χ0) is 18.5. The first kappa shape index (κ1) is 17.1. The molecule has 27 heavy (non-hydrogen) atoms. The van der Waals surface area contributed by atoms with E-state index in [0.717, 1.165) is 18.7 Å². The third kappa shape index (κ3) is 4.08. The second kappa shape index (κ2) is 7.90. The van der Waals surface area contributed by atoms with Crippen LogP contribution in [0.4, 0.5) is 5.95 Å². The van der Waals surface area contributed by atoms with Gasteiger partial charge in [0.05, 0.1) is 0 Å². The predicted octanol–water partition coefficient (Wildman–Crippen LogP) is 1.20. The molecule has 1 amide bonds. The minimum absolute atomic E-state index is 0.0901. The highest BCUT2D eigenvalue weighted by atomic mass is 16.5. The van der Waals surface area contributed by atoms with Gasteiger partial charge in [-0.15, -0.1) is 0 Å². The maximum absolute atomic E-state index is 12.5. The number of carbonyl (C=O) groups is 1. The zero-order valence-electron chi connectivity index (χ0n) is 14.7. The van der Waals surface area contributed by atoms with Gasteiger partial charge in [0, 0.05) is 69.4 Å². The van der Waals surface area contributed by atoms with Crippen LogP contribution in [0.5, 0.6) is 0 Å². The highest BCUT2D eigenvalue weighted by Gasteiger charge is 2.22. The van der Waals surface area contributed by atoms with Crippen LogP contribution in [0, 0.1) is 0 Å². The SMILES string of the molecule is O=C(CCc1nc(-c2ccncc2)no1)N1CCN(c2ncccn2)CC1. The molecule has 9 nitrogen and oxygen atoms in total. The molecule has 0 spiro atoms. The lowest BCUT2D eigenvalue weighted by Gasteiger charge is -2.34. The van der Waals surface area contributed by atoms with Crippen molar-refractivity contribution in [1.29, 1.82) is 0 Å². The van der Waals surface area contributed by atoms with Crippen LogP contribution in [0.2, 0.25) is 0 Å². The zero-order valence-corrected chi connectivity index (χ0v) is 14.7. The van der Waals surface area contributed by atoms with Gasteiger partial charge >= 0.3 is 0 Å². The van der Waals surface area contributed by atoms with E-state index in [1.165, 1.54) is 0 Å². The van der Waals surface area contributed by atoms with Gasteiger partial charge in [-0.25, -0.2) is 9.97 Å². The number of hydrogen-bond acceptors (Lipinski definition) is 8. The van der Waals surface area contributed by atoms with E-state index in [1.54, 1.807) is 30.9 Å². The van der Waals surface area contributed by atoms with Crippen molar-refractivity contribution < 1.29 is 9.32 Å². The van der Waals surface area contributed by atoms with Crippen molar-refractivity contribution >= 4 is 11.9 Å². The molecule has 0 unspecified atom stereocenters. The summed E-state index contributed by atoms with van der Waals surface area (Å²) in [4.78, 5) is 33.2. The first-order valence-electron chi connectivity index (χ1n) is 8.82. The van der Waals surface area contributed by atoms with Crippen LogP contribution in [0.15, 0.2) is 47.5 Å². The van der Waals surface area contributed by atoms with Crippen molar-refractivity contribution in [2.75, 3.05) is 31.1 Å². The Morgan fingerprint density at radius 2 is 1.78 bits per heavy atom. The van der Waals surface area contributed by atoms with Crippen LogP contribution in [0.1, 0.15) is 12.3 Å². The summed E-state index contributed by atoms with van der Waals surface area (Å²) in [6.07, 6.45) is 7.58. The second-order valence-electron chi connectivity index (χ2n) is 6.16. The molecule has 1 saturated heterocycles. The topological polar surface area (TPSA) is 101 Å². The summed E-state index contributed by atoms with van der Waals surface area (Å²) in [5, 5.41) is 3.96. The third-order valence-corrected chi connectivity index (χ3v) is 4.43. The quantitative estimate of drug-likeness (QED) is 0.665. The molecule has 0 aliphatic carbocycles. The number of aromatic nitrogens is 5. The first-order chi connectivity index (χ1) is 13.3. The van der Waals surface area contributed by atoms with E-state index in [4.69, 9.17) is 4.52 Å². The molecule has 0 saturated carbocycles. The van der Waals surface area contributed by atoms with Crippen LogP contribution < -0.4 is 4.90 Å². The molecule has 9 heteroatoms. The molecule has 4 rings (SSSR count). The van der Waals surface area contributed by atoms with E-state index < -0.39 is 0 Å². The lowest BCUT2D eigenvalue weighted by molar-refractivity contribution is -0.131. The number of aryl methyl sites for hydroxylation is 1. The van der Waals surface area contributed by atoms with Crippen molar-refractivity contribution in [2.45, 2.75) is 12.8 Å². The number of hydrogen-bond donors (Lipinski definition) is 0. The molecule has 138 valence electrons. The molecule has 1 fully saturated rings. The normalized spacial score (nSPS) is 14.4. The van der Waals surface area contributed by atoms with Crippen molar-refractivity contribution in [3.05, 3.63) is 48.9 Å². The Bertz CT molecular complexity index is 877. The number of anilines is 1. The van der Waals surface area contributed by atoms with E-state index in [0.29, 0.717) is 43.6 Å². The summed E-state index contributed by atoms with van der Waals surface area (Å²) in [6.45, 7) is 2.76. The maximum atomic E-state index is 12.5. The first-order valence-corrected chi connectivity index (χ1v) is 8.82. The number of amides is 1. The van der Waals surface area contributed by atoms with Crippen molar-refractivity contribution in [1.82, 2.24) is 30.0 Å². The standard InChI is InChI=1S/C18H19N7O2/c26-16(24-10-12-25(13-11-24)18-20-6-1-7-21-18)3-2-15-22-17(23-27-15)14-4-8-19-9-5-14/h1,4-9H,2-3,10-13H2. The van der Waals surface area contributed by atoms with Crippen LogP contribution in [-0.2, 0) is 11.2 Å². The van der Waals surface area contributed by atoms with Crippen LogP contribution in [0.3, 0.4) is 0 Å². The van der Waals surface area contributed by atoms with E-state index in [9.17, 15) is 4.79 Å². The third-order valence-electron chi connectivity index (χ3n) is 4.43. The summed E-state index contributed by atoms with van der Waals surface area (Å²) < 4.78 is 5.25. The smallest absolute Gasteiger partial charge is 0.227 e. The van der Waals surface area contributed by atoms with Crippen LogP contribution >= 0.6 is 0 Å². The van der Waals surface area contributed by atoms with Gasteiger partial charge in [-0.3, -0.25) is 9.78 Å². The molecule has 0 N–H and O–H groups in total. The van der Waals surface area contributed by atoms with Crippen molar-refractivity contribution in [3.63, 3.8) is 0 Å². The monoisotopic (exact) mass is 365 g/mol. The molecule has 3 aromatic heterocycles. The minimum atomic E-state index is 0.0901. The summed E-state index contributed by atoms with van der Waals surface area (Å²) >= 11 is 0. The lowest BCUT2D eigenvalue weighted by Crippen LogP contribution is -2.49. The molecule has 0 atom stereocenters. The van der Waals surface area contributed by atoms with E-state index >= 15 is 0 Å². The molecule has 3 aromatic rings. The molecule has 0 radical (unpaired) electrons. The summed E-state index contributed by atoms with van der Waals surface area (Å²) in [5.41, 5.74) is 0.838. The number of nitrogens with zero attached hydrogens (tertiary/aromatic N) is 7. The fourth-order valence-electron chi connectivity index (χ4n) is 2.96. The van der Waals surface area contributed by atoms with Gasteiger partial charge in [0.25, 0.3) is 0 Å². The Labute approximate surface area is 156 Å². The molecule has 1 aliphatic heterocycles. The fraction of sp³-hybridized carbons (Fsp3) is 0.333. The molecule has 0 aromatic carbocycles. The van der Waals surface area contributed by atoms with E-state index in [2.05, 4.69) is 30.0 Å². The molecule has 1 aliphatic rings. The Morgan fingerprint density at radius 1 is 1.04 bits per heavy atom. The Hall–Kier alpha value is -3.36. The highest BCUT2D eigenvalue weighted by molar-refractivity contribution is 5.76. The average Bonchev–Trinajstić information content (AvgIpc) is 3.22. The molecular formula is C18H19N7O2. The molecule has 4 heterocycles. The van der Waals surface area contributed by atoms with Crippen molar-refractivity contribution in [3.8, 4) is 11.4 Å². The van der Waals surface area contributed by atoms with Gasteiger partial charge in [-0.05, 0) is 18.2 Å². The van der Waals surface area contributed by atoms with Gasteiger partial charge in [0.15, 0.2) is 0 Å². The Balaban J connectivity index is 1.27. The van der Waals surface area contributed by atoms with E-state index in [-0.39, 0.29) is 5.91 Å². The Kier molecular flexibility index (Phi) is 4.99. The van der Waals surface area contributed by atoms with E-state index in [1.807, 2.05) is 17.0 Å². The summed E-state index contributed by atoms with van der Waals surface area (Å²) in [6, 6.07) is 5.42. The number of pyridine rings is 1. The maximum Gasteiger partial charge on any atom is 0.227 e. The lowest BCUT2D eigenvalue weighted by atomic mass is 10.2. The minimum Gasteiger partial charge on any atom is -0.339 e. The second-order valence-corrected chi connectivity index (χ2v) is 6.16.